The number of nitrogens with zero attached hydrogens (tertiary/aromatic N) is 1. The predicted molar refractivity (Wildman–Crippen MR) is 71.3 cm³/mol. The topological polar surface area (TPSA) is 61.4 Å². The molecule has 0 atom stereocenters. The highest BCUT2D eigenvalue weighted by molar-refractivity contribution is 5.85. The Kier molecular flexibility index (Phi) is 9.06. The average Bonchev–Trinajstić information content (AvgIpc) is 2.10. The van der Waals surface area contributed by atoms with Crippen LogP contribution in [0.25, 0.3) is 0 Å². The van der Waals surface area contributed by atoms with Gasteiger partial charge in [-0.05, 0) is 27.8 Å². The molecule has 0 unspecified atom stereocenters. The fraction of sp³-hybridized carbons (Fsp3) is 0.818. The number of nitrogens with one attached hydrogen (secondary N) is 2. The molecule has 0 rings (SSSR count). The van der Waals surface area contributed by atoms with Crippen molar-refractivity contribution >= 4 is 24.2 Å². The van der Waals surface area contributed by atoms with Crippen LogP contribution >= 0.6 is 12.4 Å². The molecule has 6 heteroatoms. The Bertz CT molecular complexity index is 252. The number of carbonyl (C=O) groups excluding carboxylic acids is 2. The van der Waals surface area contributed by atoms with E-state index >= 15 is 0 Å². The lowest BCUT2D eigenvalue weighted by Gasteiger charge is -2.23. The van der Waals surface area contributed by atoms with Crippen LogP contribution in [0.15, 0.2) is 0 Å². The van der Waals surface area contributed by atoms with E-state index in [-0.39, 0.29) is 36.3 Å². The maximum Gasteiger partial charge on any atom is 0.240 e. The van der Waals surface area contributed by atoms with E-state index in [1.165, 1.54) is 4.90 Å². The maximum absolute atomic E-state index is 11.5. The second-order valence-corrected chi connectivity index (χ2v) is 4.90. The van der Waals surface area contributed by atoms with Crippen LogP contribution in [0.1, 0.15) is 27.2 Å². The molecule has 0 saturated heterocycles. The third kappa shape index (κ3) is 10.1. The van der Waals surface area contributed by atoms with E-state index in [9.17, 15) is 9.59 Å². The van der Waals surface area contributed by atoms with Crippen molar-refractivity contribution in [3.63, 3.8) is 0 Å². The Morgan fingerprint density at radius 1 is 1.24 bits per heavy atom. The first kappa shape index (κ1) is 18.6. The molecule has 0 aromatic carbocycles. The molecule has 0 radical (unpaired) electrons. The molecule has 102 valence electrons. The van der Waals surface area contributed by atoms with Crippen LogP contribution in [0.4, 0.5) is 0 Å². The highest BCUT2D eigenvalue weighted by Gasteiger charge is 2.17. The van der Waals surface area contributed by atoms with E-state index in [0.29, 0.717) is 13.0 Å². The van der Waals surface area contributed by atoms with Gasteiger partial charge in [0, 0.05) is 25.6 Å². The van der Waals surface area contributed by atoms with Gasteiger partial charge < -0.3 is 15.5 Å². The van der Waals surface area contributed by atoms with Crippen LogP contribution in [0.5, 0.6) is 0 Å². The Balaban J connectivity index is 0. The molecule has 0 fully saturated rings. The third-order valence-corrected chi connectivity index (χ3v) is 1.91. The van der Waals surface area contributed by atoms with Gasteiger partial charge in [-0.1, -0.05) is 0 Å². The standard InChI is InChI=1S/C11H23N3O2.ClH/c1-11(2,3)13-9(15)8-14(5)10(16)6-7-12-4;/h12H,6-8H2,1-5H3,(H,13,15);1H. The van der Waals surface area contributed by atoms with E-state index in [0.717, 1.165) is 0 Å². The molecule has 0 aliphatic rings. The van der Waals surface area contributed by atoms with Crippen molar-refractivity contribution in [2.45, 2.75) is 32.7 Å². The van der Waals surface area contributed by atoms with E-state index in [2.05, 4.69) is 10.6 Å². The maximum atomic E-state index is 11.5. The van der Waals surface area contributed by atoms with Crippen LogP contribution in [-0.2, 0) is 9.59 Å². The van der Waals surface area contributed by atoms with Gasteiger partial charge in [-0.3, -0.25) is 9.59 Å². The lowest BCUT2D eigenvalue weighted by Crippen LogP contribution is -2.46. The molecule has 17 heavy (non-hydrogen) atoms. The summed E-state index contributed by atoms with van der Waals surface area (Å²) in [7, 11) is 3.43. The second-order valence-electron chi connectivity index (χ2n) is 4.90. The summed E-state index contributed by atoms with van der Waals surface area (Å²) in [6.45, 7) is 6.47. The normalized spacial score (nSPS) is 10.4. The number of halogens is 1. The van der Waals surface area contributed by atoms with Crippen molar-refractivity contribution in [3.05, 3.63) is 0 Å². The van der Waals surface area contributed by atoms with Crippen molar-refractivity contribution in [1.29, 1.82) is 0 Å². The number of carbonyl (C=O) groups is 2. The minimum atomic E-state index is -0.258. The largest absolute Gasteiger partial charge is 0.350 e. The Morgan fingerprint density at radius 3 is 2.18 bits per heavy atom. The highest BCUT2D eigenvalue weighted by atomic mass is 35.5. The van der Waals surface area contributed by atoms with Crippen LogP contribution in [-0.4, -0.2) is 49.4 Å². The van der Waals surface area contributed by atoms with Crippen LogP contribution in [0.3, 0.4) is 0 Å². The van der Waals surface area contributed by atoms with Crippen LogP contribution in [0, 0.1) is 0 Å². The van der Waals surface area contributed by atoms with Crippen molar-refractivity contribution < 1.29 is 9.59 Å². The van der Waals surface area contributed by atoms with Crippen molar-refractivity contribution in [1.82, 2.24) is 15.5 Å². The first-order chi connectivity index (χ1) is 7.26. The van der Waals surface area contributed by atoms with Gasteiger partial charge in [-0.15, -0.1) is 12.4 Å². The predicted octanol–water partition coefficient (Wildman–Crippen LogP) is 0.391. The zero-order chi connectivity index (χ0) is 12.8. The molecule has 0 aromatic rings. The van der Waals surface area contributed by atoms with Gasteiger partial charge in [0.05, 0.1) is 6.54 Å². The summed E-state index contributed by atoms with van der Waals surface area (Å²) in [4.78, 5) is 24.5. The Morgan fingerprint density at radius 2 is 1.76 bits per heavy atom. The van der Waals surface area contributed by atoms with Crippen molar-refractivity contribution in [2.75, 3.05) is 27.2 Å². The summed E-state index contributed by atoms with van der Waals surface area (Å²) in [5.74, 6) is -0.161. The van der Waals surface area contributed by atoms with E-state index < -0.39 is 0 Å². The summed E-state index contributed by atoms with van der Waals surface area (Å²) in [5.41, 5.74) is -0.258. The van der Waals surface area contributed by atoms with E-state index in [1.807, 2.05) is 20.8 Å². The molecule has 0 heterocycles. The van der Waals surface area contributed by atoms with Crippen molar-refractivity contribution in [2.24, 2.45) is 0 Å². The van der Waals surface area contributed by atoms with Crippen molar-refractivity contribution in [3.8, 4) is 0 Å². The average molecular weight is 266 g/mol. The van der Waals surface area contributed by atoms with Gasteiger partial charge in [0.1, 0.15) is 0 Å². The highest BCUT2D eigenvalue weighted by Crippen LogP contribution is 1.98. The molecule has 0 bridgehead atoms. The van der Waals surface area contributed by atoms with Gasteiger partial charge in [-0.2, -0.15) is 0 Å². The molecule has 0 saturated carbocycles. The zero-order valence-electron chi connectivity index (χ0n) is 11.3. The SMILES string of the molecule is CNCCC(=O)N(C)CC(=O)NC(C)(C)C.Cl. The zero-order valence-corrected chi connectivity index (χ0v) is 12.1. The van der Waals surface area contributed by atoms with Gasteiger partial charge in [-0.25, -0.2) is 0 Å². The molecule has 0 spiro atoms. The van der Waals surface area contributed by atoms with E-state index in [4.69, 9.17) is 0 Å². The van der Waals surface area contributed by atoms with Gasteiger partial charge in [0.2, 0.25) is 11.8 Å². The summed E-state index contributed by atoms with van der Waals surface area (Å²) in [6.07, 6.45) is 0.412. The smallest absolute Gasteiger partial charge is 0.240 e. The fourth-order valence-corrected chi connectivity index (χ4v) is 1.18. The molecule has 0 aromatic heterocycles. The summed E-state index contributed by atoms with van der Waals surface area (Å²) < 4.78 is 0. The lowest BCUT2D eigenvalue weighted by molar-refractivity contribution is -0.135. The Hall–Kier alpha value is -0.810. The summed E-state index contributed by atoms with van der Waals surface area (Å²) >= 11 is 0. The third-order valence-electron chi connectivity index (χ3n) is 1.91. The van der Waals surface area contributed by atoms with Crippen LogP contribution in [0.2, 0.25) is 0 Å². The number of rotatable bonds is 5. The van der Waals surface area contributed by atoms with Gasteiger partial charge >= 0.3 is 0 Å². The van der Waals surface area contributed by atoms with E-state index in [1.54, 1.807) is 14.1 Å². The molecule has 5 nitrogen and oxygen atoms in total. The second kappa shape index (κ2) is 8.31. The van der Waals surface area contributed by atoms with Crippen LogP contribution < -0.4 is 10.6 Å². The fourth-order valence-electron chi connectivity index (χ4n) is 1.18. The first-order valence-corrected chi connectivity index (χ1v) is 5.46. The molecule has 2 amide bonds. The summed E-state index contributed by atoms with van der Waals surface area (Å²) in [6, 6.07) is 0. The minimum absolute atomic E-state index is 0. The Labute approximate surface area is 110 Å². The lowest BCUT2D eigenvalue weighted by atomic mass is 10.1. The molecule has 0 aliphatic carbocycles. The number of likely N-dealkylation sites (N-methyl/N-ethyl adjacent to an activating group) is 1. The monoisotopic (exact) mass is 265 g/mol. The summed E-state index contributed by atoms with van der Waals surface area (Å²) in [5, 5.41) is 5.71. The molecular weight excluding hydrogens is 242 g/mol. The number of hydrogen-bond acceptors (Lipinski definition) is 3. The quantitative estimate of drug-likeness (QED) is 0.756. The first-order valence-electron chi connectivity index (χ1n) is 5.46. The van der Waals surface area contributed by atoms with Gasteiger partial charge in [0.25, 0.3) is 0 Å². The van der Waals surface area contributed by atoms with Gasteiger partial charge in [0.15, 0.2) is 0 Å². The number of amides is 2. The number of hydrogen-bond donors (Lipinski definition) is 2. The minimum Gasteiger partial charge on any atom is -0.350 e. The molecular formula is C11H24ClN3O2. The molecule has 0 aliphatic heterocycles. The molecule has 2 N–H and O–H groups in total.